The lowest BCUT2D eigenvalue weighted by atomic mass is 9.99. The lowest BCUT2D eigenvalue weighted by Gasteiger charge is -2.19. The third-order valence-corrected chi connectivity index (χ3v) is 3.95. The quantitative estimate of drug-likeness (QED) is 0.912. The molecule has 4 heteroatoms. The lowest BCUT2D eigenvalue weighted by Crippen LogP contribution is -2.35. The first-order valence-corrected chi connectivity index (χ1v) is 6.70. The van der Waals surface area contributed by atoms with Crippen molar-refractivity contribution in [3.8, 4) is 0 Å². The number of halogens is 1. The highest BCUT2D eigenvalue weighted by Gasteiger charge is 2.39. The predicted molar refractivity (Wildman–Crippen MR) is 73.3 cm³/mol. The molecule has 1 heterocycles. The second-order valence-corrected chi connectivity index (χ2v) is 5.37. The molecule has 2 rings (SSSR count). The molecule has 1 aliphatic heterocycles. The summed E-state index contributed by atoms with van der Waals surface area (Å²) in [5.74, 6) is 0.499. The number of carbonyl (C=O) groups excluding carboxylic acids is 1. The van der Waals surface area contributed by atoms with E-state index >= 15 is 0 Å². The van der Waals surface area contributed by atoms with Crippen LogP contribution in [0.15, 0.2) is 24.3 Å². The van der Waals surface area contributed by atoms with E-state index in [0.717, 1.165) is 12.0 Å². The van der Waals surface area contributed by atoms with Crippen molar-refractivity contribution in [2.24, 2.45) is 5.92 Å². The van der Waals surface area contributed by atoms with Crippen LogP contribution in [0.5, 0.6) is 0 Å². The van der Waals surface area contributed by atoms with Crippen LogP contribution < -0.4 is 5.32 Å². The summed E-state index contributed by atoms with van der Waals surface area (Å²) in [7, 11) is 1.84. The highest BCUT2D eigenvalue weighted by atomic mass is 35.5. The molecule has 0 saturated carbocycles. The summed E-state index contributed by atoms with van der Waals surface area (Å²) >= 11 is 6.00. The zero-order valence-corrected chi connectivity index (χ0v) is 11.7. The first-order chi connectivity index (χ1) is 8.54. The van der Waals surface area contributed by atoms with Crippen molar-refractivity contribution in [1.82, 2.24) is 10.2 Å². The summed E-state index contributed by atoms with van der Waals surface area (Å²) in [6.07, 6.45) is 0.912. The van der Waals surface area contributed by atoms with E-state index in [0.29, 0.717) is 10.9 Å². The summed E-state index contributed by atoms with van der Waals surface area (Å²) in [6.45, 7) is 4.20. The smallest absolute Gasteiger partial charge is 0.241 e. The van der Waals surface area contributed by atoms with E-state index < -0.39 is 0 Å². The molecule has 1 aliphatic rings. The highest BCUT2D eigenvalue weighted by Crippen LogP contribution is 2.28. The Morgan fingerprint density at radius 1 is 1.50 bits per heavy atom. The Bertz CT molecular complexity index is 449. The molecular formula is C14H19ClN2O. The van der Waals surface area contributed by atoms with E-state index in [9.17, 15) is 4.79 Å². The summed E-state index contributed by atoms with van der Waals surface area (Å²) in [6, 6.07) is 7.56. The van der Waals surface area contributed by atoms with Crippen LogP contribution in [-0.4, -0.2) is 23.9 Å². The number of benzene rings is 1. The van der Waals surface area contributed by atoms with Gasteiger partial charge < -0.3 is 4.90 Å². The predicted octanol–water partition coefficient (Wildman–Crippen LogP) is 2.81. The first-order valence-electron chi connectivity index (χ1n) is 6.32. The van der Waals surface area contributed by atoms with Crippen molar-refractivity contribution in [2.45, 2.75) is 32.5 Å². The second kappa shape index (κ2) is 5.29. The molecule has 3 nitrogen and oxygen atoms in total. The zero-order chi connectivity index (χ0) is 13.3. The van der Waals surface area contributed by atoms with Crippen LogP contribution >= 0.6 is 11.6 Å². The molecule has 1 aromatic carbocycles. The molecular weight excluding hydrogens is 248 g/mol. The third-order valence-electron chi connectivity index (χ3n) is 3.72. The van der Waals surface area contributed by atoms with Gasteiger partial charge in [-0.25, -0.2) is 0 Å². The molecule has 0 radical (unpaired) electrons. The number of nitrogens with one attached hydrogen (secondary N) is 1. The second-order valence-electron chi connectivity index (χ2n) is 4.94. The average molecular weight is 267 g/mol. The van der Waals surface area contributed by atoms with Crippen LogP contribution in [0.2, 0.25) is 5.02 Å². The Morgan fingerprint density at radius 3 is 2.83 bits per heavy atom. The Labute approximate surface area is 113 Å². The van der Waals surface area contributed by atoms with Gasteiger partial charge in [0.1, 0.15) is 6.17 Å². The molecule has 1 saturated heterocycles. The maximum Gasteiger partial charge on any atom is 0.241 e. The molecule has 3 unspecified atom stereocenters. The van der Waals surface area contributed by atoms with Gasteiger partial charge in [-0.05, 0) is 23.6 Å². The molecule has 0 aromatic heterocycles. The van der Waals surface area contributed by atoms with Gasteiger partial charge in [0.25, 0.3) is 0 Å². The van der Waals surface area contributed by atoms with Gasteiger partial charge in [-0.15, -0.1) is 0 Å². The number of likely N-dealkylation sites (N-methyl/N-ethyl adjacent to an activating group) is 1. The molecule has 98 valence electrons. The topological polar surface area (TPSA) is 32.3 Å². The first kappa shape index (κ1) is 13.4. The van der Waals surface area contributed by atoms with Gasteiger partial charge in [-0.1, -0.05) is 44.0 Å². The van der Waals surface area contributed by atoms with Gasteiger partial charge in [0, 0.05) is 12.1 Å². The Balaban J connectivity index is 2.23. The summed E-state index contributed by atoms with van der Waals surface area (Å²) in [4.78, 5) is 14.0. The van der Waals surface area contributed by atoms with E-state index in [1.54, 1.807) is 4.90 Å². The fraction of sp³-hybridized carbons (Fsp3) is 0.500. The standard InChI is InChI=1S/C14H19ClN2O/c1-4-9(2)12-14(18)17(3)13(16-12)10-6-5-7-11(15)8-10/h5-9,12-13,16H,4H2,1-3H3. The van der Waals surface area contributed by atoms with Crippen LogP contribution in [0, 0.1) is 5.92 Å². The zero-order valence-electron chi connectivity index (χ0n) is 11.0. The molecule has 1 N–H and O–H groups in total. The van der Waals surface area contributed by atoms with E-state index in [1.807, 2.05) is 31.3 Å². The fourth-order valence-corrected chi connectivity index (χ4v) is 2.54. The van der Waals surface area contributed by atoms with Gasteiger partial charge in [0.15, 0.2) is 0 Å². The van der Waals surface area contributed by atoms with Gasteiger partial charge >= 0.3 is 0 Å². The average Bonchev–Trinajstić information content (AvgIpc) is 2.66. The molecule has 0 spiro atoms. The molecule has 0 aliphatic carbocycles. The Morgan fingerprint density at radius 2 is 2.22 bits per heavy atom. The van der Waals surface area contributed by atoms with E-state index in [2.05, 4.69) is 19.2 Å². The molecule has 1 amide bonds. The molecule has 1 aromatic rings. The normalized spacial score (nSPS) is 25.6. The maximum absolute atomic E-state index is 12.2. The molecule has 18 heavy (non-hydrogen) atoms. The van der Waals surface area contributed by atoms with Gasteiger partial charge in [-0.2, -0.15) is 0 Å². The van der Waals surface area contributed by atoms with Crippen molar-refractivity contribution in [2.75, 3.05) is 7.05 Å². The summed E-state index contributed by atoms with van der Waals surface area (Å²) in [5, 5.41) is 4.10. The summed E-state index contributed by atoms with van der Waals surface area (Å²) < 4.78 is 0. The van der Waals surface area contributed by atoms with Crippen molar-refractivity contribution in [1.29, 1.82) is 0 Å². The van der Waals surface area contributed by atoms with Crippen LogP contribution in [0.1, 0.15) is 32.0 Å². The Kier molecular flexibility index (Phi) is 3.93. The van der Waals surface area contributed by atoms with Gasteiger partial charge in [0.05, 0.1) is 6.04 Å². The minimum absolute atomic E-state index is 0.0739. The summed E-state index contributed by atoms with van der Waals surface area (Å²) in [5.41, 5.74) is 1.03. The lowest BCUT2D eigenvalue weighted by molar-refractivity contribution is -0.129. The van der Waals surface area contributed by atoms with Gasteiger partial charge in [0.2, 0.25) is 5.91 Å². The minimum Gasteiger partial charge on any atom is -0.325 e. The van der Waals surface area contributed by atoms with Crippen LogP contribution in [-0.2, 0) is 4.79 Å². The monoisotopic (exact) mass is 266 g/mol. The van der Waals surface area contributed by atoms with E-state index in [-0.39, 0.29) is 18.1 Å². The molecule has 0 bridgehead atoms. The number of hydrogen-bond acceptors (Lipinski definition) is 2. The number of rotatable bonds is 3. The highest BCUT2D eigenvalue weighted by molar-refractivity contribution is 6.30. The maximum atomic E-state index is 12.2. The van der Waals surface area contributed by atoms with E-state index in [4.69, 9.17) is 11.6 Å². The van der Waals surface area contributed by atoms with Crippen LogP contribution in [0.25, 0.3) is 0 Å². The largest absolute Gasteiger partial charge is 0.325 e. The van der Waals surface area contributed by atoms with Crippen molar-refractivity contribution in [3.05, 3.63) is 34.9 Å². The van der Waals surface area contributed by atoms with Crippen LogP contribution in [0.4, 0.5) is 0 Å². The van der Waals surface area contributed by atoms with Crippen molar-refractivity contribution < 1.29 is 4.79 Å². The fourth-order valence-electron chi connectivity index (χ4n) is 2.34. The minimum atomic E-state index is -0.0935. The van der Waals surface area contributed by atoms with E-state index in [1.165, 1.54) is 0 Å². The molecule has 3 atom stereocenters. The third kappa shape index (κ3) is 2.38. The number of nitrogens with zero attached hydrogens (tertiary/aromatic N) is 1. The Hall–Kier alpha value is -1.06. The van der Waals surface area contributed by atoms with Crippen LogP contribution in [0.3, 0.4) is 0 Å². The molecule has 1 fully saturated rings. The SMILES string of the molecule is CCC(C)C1NC(c2cccc(Cl)c2)N(C)C1=O. The number of carbonyl (C=O) groups is 1. The van der Waals surface area contributed by atoms with Crippen molar-refractivity contribution >= 4 is 17.5 Å². The number of hydrogen-bond donors (Lipinski definition) is 1. The number of amides is 1. The van der Waals surface area contributed by atoms with Gasteiger partial charge in [-0.3, -0.25) is 10.1 Å². The van der Waals surface area contributed by atoms with Crippen molar-refractivity contribution in [3.63, 3.8) is 0 Å².